The van der Waals surface area contributed by atoms with Crippen LogP contribution in [0, 0.1) is 5.41 Å². The van der Waals surface area contributed by atoms with Crippen molar-refractivity contribution in [2.75, 3.05) is 0 Å². The van der Waals surface area contributed by atoms with Gasteiger partial charge in [0.25, 0.3) is 0 Å². The fourth-order valence-electron chi connectivity index (χ4n) is 2.24. The van der Waals surface area contributed by atoms with Crippen LogP contribution in [0.3, 0.4) is 0 Å². The number of rotatable bonds is 5. The zero-order valence-corrected chi connectivity index (χ0v) is 13.4. The second-order valence-corrected chi connectivity index (χ2v) is 6.70. The number of phenolic OH excluding ortho intramolecular Hbond substituents is 1. The van der Waals surface area contributed by atoms with Crippen molar-refractivity contribution in [2.24, 2.45) is 5.41 Å². The van der Waals surface area contributed by atoms with E-state index in [9.17, 15) is 9.90 Å². The Kier molecular flexibility index (Phi) is 4.91. The summed E-state index contributed by atoms with van der Waals surface area (Å²) in [7, 11) is 0. The Labute approximate surface area is 131 Å². The van der Waals surface area contributed by atoms with Gasteiger partial charge in [-0.1, -0.05) is 39.0 Å². The minimum atomic E-state index is -0.0861. The van der Waals surface area contributed by atoms with E-state index in [-0.39, 0.29) is 17.1 Å². The first-order chi connectivity index (χ1) is 10.3. The van der Waals surface area contributed by atoms with Crippen LogP contribution in [0.4, 0.5) is 0 Å². The molecule has 22 heavy (non-hydrogen) atoms. The zero-order chi connectivity index (χ0) is 16.2. The number of furan rings is 1. The van der Waals surface area contributed by atoms with Gasteiger partial charge in [-0.2, -0.15) is 0 Å². The standard InChI is InChI=1S/C18H23NO3/c1-18(2,3)11-17(21)19(13-15-8-6-10-22-15)12-14-7-4-5-9-16(14)20/h4-10,20H,11-13H2,1-3H3. The molecule has 118 valence electrons. The molecule has 0 aliphatic heterocycles. The lowest BCUT2D eigenvalue weighted by Gasteiger charge is -2.26. The van der Waals surface area contributed by atoms with Crippen molar-refractivity contribution in [3.63, 3.8) is 0 Å². The maximum atomic E-state index is 12.6. The first-order valence-corrected chi connectivity index (χ1v) is 7.42. The SMILES string of the molecule is CC(C)(C)CC(=O)N(Cc1ccco1)Cc1ccccc1O. The predicted molar refractivity (Wildman–Crippen MR) is 85.1 cm³/mol. The highest BCUT2D eigenvalue weighted by Crippen LogP contribution is 2.24. The van der Waals surface area contributed by atoms with E-state index in [1.54, 1.807) is 23.3 Å². The molecule has 2 aromatic rings. The summed E-state index contributed by atoms with van der Waals surface area (Å²) >= 11 is 0. The first kappa shape index (κ1) is 16.1. The molecule has 2 rings (SSSR count). The van der Waals surface area contributed by atoms with Crippen LogP contribution in [0.1, 0.15) is 38.5 Å². The summed E-state index contributed by atoms with van der Waals surface area (Å²) in [6, 6.07) is 10.7. The lowest BCUT2D eigenvalue weighted by molar-refractivity contribution is -0.134. The molecule has 0 fully saturated rings. The van der Waals surface area contributed by atoms with E-state index in [1.165, 1.54) is 0 Å². The van der Waals surface area contributed by atoms with Crippen LogP contribution in [0.5, 0.6) is 5.75 Å². The van der Waals surface area contributed by atoms with Gasteiger partial charge in [0.05, 0.1) is 12.8 Å². The first-order valence-electron chi connectivity index (χ1n) is 7.42. The summed E-state index contributed by atoms with van der Waals surface area (Å²) in [5, 5.41) is 9.94. The van der Waals surface area contributed by atoms with E-state index in [1.807, 2.05) is 45.0 Å². The van der Waals surface area contributed by atoms with Crippen molar-refractivity contribution in [1.29, 1.82) is 0 Å². The van der Waals surface area contributed by atoms with Gasteiger partial charge in [0.1, 0.15) is 11.5 Å². The second kappa shape index (κ2) is 6.69. The van der Waals surface area contributed by atoms with Crippen LogP contribution in [0.15, 0.2) is 47.1 Å². The van der Waals surface area contributed by atoms with Gasteiger partial charge < -0.3 is 14.4 Å². The van der Waals surface area contributed by atoms with Gasteiger partial charge in [-0.25, -0.2) is 0 Å². The minimum absolute atomic E-state index is 0.0483. The highest BCUT2D eigenvalue weighted by atomic mass is 16.3. The molecule has 4 nitrogen and oxygen atoms in total. The molecule has 1 heterocycles. The van der Waals surface area contributed by atoms with Gasteiger partial charge in [-0.15, -0.1) is 0 Å². The molecule has 1 N–H and O–H groups in total. The molecule has 0 radical (unpaired) electrons. The van der Waals surface area contributed by atoms with E-state index in [2.05, 4.69) is 0 Å². The van der Waals surface area contributed by atoms with E-state index in [4.69, 9.17) is 4.42 Å². The number of nitrogens with zero attached hydrogens (tertiary/aromatic N) is 1. The van der Waals surface area contributed by atoms with Crippen molar-refractivity contribution < 1.29 is 14.3 Å². The Morgan fingerprint density at radius 1 is 1.14 bits per heavy atom. The van der Waals surface area contributed by atoms with Crippen LogP contribution < -0.4 is 0 Å². The zero-order valence-electron chi connectivity index (χ0n) is 13.4. The molecule has 1 aromatic carbocycles. The molecule has 0 bridgehead atoms. The van der Waals surface area contributed by atoms with E-state index in [0.29, 0.717) is 19.5 Å². The smallest absolute Gasteiger partial charge is 0.223 e. The lowest BCUT2D eigenvalue weighted by atomic mass is 9.91. The largest absolute Gasteiger partial charge is 0.508 e. The number of amides is 1. The Hall–Kier alpha value is -2.23. The second-order valence-electron chi connectivity index (χ2n) is 6.70. The molecule has 0 aliphatic rings. The summed E-state index contributed by atoms with van der Waals surface area (Å²) in [5.74, 6) is 0.986. The molecule has 1 aromatic heterocycles. The number of carbonyl (C=O) groups excluding carboxylic acids is 1. The Morgan fingerprint density at radius 3 is 2.45 bits per heavy atom. The van der Waals surface area contributed by atoms with Crippen LogP contribution in [-0.2, 0) is 17.9 Å². The average Bonchev–Trinajstić information content (AvgIpc) is 2.91. The number of hydrogen-bond donors (Lipinski definition) is 1. The monoisotopic (exact) mass is 301 g/mol. The quantitative estimate of drug-likeness (QED) is 0.909. The van der Waals surface area contributed by atoms with Crippen molar-refractivity contribution in [2.45, 2.75) is 40.3 Å². The maximum Gasteiger partial charge on any atom is 0.223 e. The van der Waals surface area contributed by atoms with Crippen LogP contribution in [0.25, 0.3) is 0 Å². The predicted octanol–water partition coefficient (Wildman–Crippen LogP) is 3.95. The van der Waals surface area contributed by atoms with Crippen LogP contribution in [-0.4, -0.2) is 15.9 Å². The highest BCUT2D eigenvalue weighted by molar-refractivity contribution is 5.76. The molecule has 0 saturated carbocycles. The summed E-state index contributed by atoms with van der Waals surface area (Å²) in [4.78, 5) is 14.3. The van der Waals surface area contributed by atoms with Crippen molar-refractivity contribution >= 4 is 5.91 Å². The molecule has 1 amide bonds. The van der Waals surface area contributed by atoms with E-state index in [0.717, 1.165) is 11.3 Å². The maximum absolute atomic E-state index is 12.6. The Bertz CT molecular complexity index is 612. The van der Waals surface area contributed by atoms with Gasteiger partial charge in [0.15, 0.2) is 0 Å². The molecular weight excluding hydrogens is 278 g/mol. The van der Waals surface area contributed by atoms with E-state index < -0.39 is 0 Å². The Balaban J connectivity index is 2.17. The summed E-state index contributed by atoms with van der Waals surface area (Å²) in [5.41, 5.74) is 0.647. The van der Waals surface area contributed by atoms with Gasteiger partial charge in [0, 0.05) is 18.5 Å². The molecule has 0 spiro atoms. The Morgan fingerprint density at radius 2 is 1.86 bits per heavy atom. The number of benzene rings is 1. The normalized spacial score (nSPS) is 11.4. The molecule has 0 saturated heterocycles. The number of phenols is 1. The van der Waals surface area contributed by atoms with Crippen LogP contribution >= 0.6 is 0 Å². The molecule has 0 aliphatic carbocycles. The summed E-state index contributed by atoms with van der Waals surface area (Å²) in [6.07, 6.45) is 2.04. The lowest BCUT2D eigenvalue weighted by Crippen LogP contribution is -2.32. The number of hydrogen-bond acceptors (Lipinski definition) is 3. The van der Waals surface area contributed by atoms with Crippen molar-refractivity contribution in [3.05, 3.63) is 54.0 Å². The third-order valence-electron chi connectivity index (χ3n) is 3.31. The third kappa shape index (κ3) is 4.65. The third-order valence-corrected chi connectivity index (χ3v) is 3.31. The fraction of sp³-hybridized carbons (Fsp3) is 0.389. The number of carbonyl (C=O) groups is 1. The molecule has 4 heteroatoms. The van der Waals surface area contributed by atoms with Gasteiger partial charge in [0.2, 0.25) is 5.91 Å². The number of aromatic hydroxyl groups is 1. The van der Waals surface area contributed by atoms with Gasteiger partial charge in [-0.3, -0.25) is 4.79 Å². The van der Waals surface area contributed by atoms with E-state index >= 15 is 0 Å². The number of para-hydroxylation sites is 1. The molecule has 0 unspecified atom stereocenters. The van der Waals surface area contributed by atoms with Crippen molar-refractivity contribution in [1.82, 2.24) is 4.90 Å². The summed E-state index contributed by atoms with van der Waals surface area (Å²) in [6.45, 7) is 6.88. The average molecular weight is 301 g/mol. The van der Waals surface area contributed by atoms with Crippen LogP contribution in [0.2, 0.25) is 0 Å². The van der Waals surface area contributed by atoms with Gasteiger partial charge >= 0.3 is 0 Å². The fourth-order valence-corrected chi connectivity index (χ4v) is 2.24. The van der Waals surface area contributed by atoms with Gasteiger partial charge in [-0.05, 0) is 23.6 Å². The minimum Gasteiger partial charge on any atom is -0.508 e. The topological polar surface area (TPSA) is 53.7 Å². The van der Waals surface area contributed by atoms with Crippen molar-refractivity contribution in [3.8, 4) is 5.75 Å². The highest BCUT2D eigenvalue weighted by Gasteiger charge is 2.22. The summed E-state index contributed by atoms with van der Waals surface area (Å²) < 4.78 is 5.36. The molecule has 0 atom stereocenters. The molecular formula is C18H23NO3.